The van der Waals surface area contributed by atoms with E-state index in [1.165, 1.54) is 6.07 Å². The van der Waals surface area contributed by atoms with Gasteiger partial charge in [-0.15, -0.1) is 0 Å². The number of aliphatic hydroxyl groups excluding tert-OH is 1. The van der Waals surface area contributed by atoms with E-state index in [2.05, 4.69) is 15.3 Å². The van der Waals surface area contributed by atoms with E-state index in [0.29, 0.717) is 18.1 Å². The van der Waals surface area contributed by atoms with Crippen LogP contribution in [0.1, 0.15) is 12.7 Å². The molecule has 19 heavy (non-hydrogen) atoms. The van der Waals surface area contributed by atoms with Crippen LogP contribution in [0.3, 0.4) is 0 Å². The Balaban J connectivity index is 3.06. The monoisotopic (exact) mass is 278 g/mol. The van der Waals surface area contributed by atoms with Crippen LogP contribution in [0, 0.1) is 0 Å². The predicted molar refractivity (Wildman–Crippen MR) is 66.3 cm³/mol. The van der Waals surface area contributed by atoms with Gasteiger partial charge in [0.05, 0.1) is 6.61 Å². The third-order valence-electron chi connectivity index (χ3n) is 2.40. The summed E-state index contributed by atoms with van der Waals surface area (Å²) in [5.41, 5.74) is 0. The van der Waals surface area contributed by atoms with Gasteiger partial charge in [-0.3, -0.25) is 0 Å². The van der Waals surface area contributed by atoms with Crippen molar-refractivity contribution >= 4 is 11.6 Å². The summed E-state index contributed by atoms with van der Waals surface area (Å²) in [7, 11) is 1.63. The molecule has 0 spiro atoms. The van der Waals surface area contributed by atoms with Crippen molar-refractivity contribution in [2.24, 2.45) is 0 Å². The molecular weight excluding hydrogens is 261 g/mol. The highest BCUT2D eigenvalue weighted by Gasteiger charge is 2.31. The molecule has 0 aliphatic carbocycles. The second-order valence-corrected chi connectivity index (χ2v) is 3.89. The summed E-state index contributed by atoms with van der Waals surface area (Å²) in [6, 6.07) is 1.43. The lowest BCUT2D eigenvalue weighted by atomic mass is 10.3. The van der Waals surface area contributed by atoms with Crippen LogP contribution in [0.2, 0.25) is 0 Å². The van der Waals surface area contributed by atoms with Gasteiger partial charge in [0.2, 0.25) is 0 Å². The van der Waals surface area contributed by atoms with Gasteiger partial charge in [0.1, 0.15) is 24.0 Å². The first kappa shape index (κ1) is 15.5. The van der Waals surface area contributed by atoms with Crippen LogP contribution >= 0.6 is 0 Å². The molecule has 1 aromatic heterocycles. The molecule has 108 valence electrons. The molecule has 0 saturated carbocycles. The van der Waals surface area contributed by atoms with Crippen molar-refractivity contribution in [3.05, 3.63) is 11.9 Å². The molecule has 1 rings (SSSR count). The van der Waals surface area contributed by atoms with Crippen LogP contribution in [0.4, 0.5) is 24.8 Å². The Hall–Kier alpha value is -1.57. The quantitative estimate of drug-likeness (QED) is 0.824. The van der Waals surface area contributed by atoms with E-state index < -0.39 is 12.7 Å². The van der Waals surface area contributed by atoms with E-state index in [1.807, 2.05) is 6.92 Å². The maximum absolute atomic E-state index is 12.5. The van der Waals surface area contributed by atoms with Crippen molar-refractivity contribution in [2.45, 2.75) is 19.5 Å². The van der Waals surface area contributed by atoms with E-state index >= 15 is 0 Å². The van der Waals surface area contributed by atoms with Gasteiger partial charge in [0.15, 0.2) is 0 Å². The number of aryl methyl sites for hydroxylation is 1. The fourth-order valence-electron chi connectivity index (χ4n) is 1.54. The molecule has 8 heteroatoms. The number of halogens is 3. The molecule has 0 saturated heterocycles. The molecule has 1 aromatic rings. The van der Waals surface area contributed by atoms with E-state index in [1.54, 1.807) is 7.05 Å². The maximum Gasteiger partial charge on any atom is 0.405 e. The lowest BCUT2D eigenvalue weighted by Gasteiger charge is -2.24. The van der Waals surface area contributed by atoms with E-state index in [0.717, 1.165) is 4.90 Å². The van der Waals surface area contributed by atoms with Gasteiger partial charge >= 0.3 is 6.18 Å². The molecule has 0 aliphatic rings. The second kappa shape index (κ2) is 6.55. The molecule has 2 N–H and O–H groups in total. The summed E-state index contributed by atoms with van der Waals surface area (Å²) >= 11 is 0. The third-order valence-corrected chi connectivity index (χ3v) is 2.40. The lowest BCUT2D eigenvalue weighted by molar-refractivity contribution is -0.120. The first-order chi connectivity index (χ1) is 8.89. The minimum atomic E-state index is -4.35. The minimum absolute atomic E-state index is 0.136. The third kappa shape index (κ3) is 4.90. The molecule has 0 bridgehead atoms. The smallest absolute Gasteiger partial charge is 0.395 e. The van der Waals surface area contributed by atoms with Crippen molar-refractivity contribution < 1.29 is 18.3 Å². The van der Waals surface area contributed by atoms with Gasteiger partial charge in [-0.2, -0.15) is 13.2 Å². The number of alkyl halides is 3. The number of nitrogens with one attached hydrogen (secondary N) is 1. The number of rotatable bonds is 6. The number of hydrogen-bond donors (Lipinski definition) is 2. The van der Waals surface area contributed by atoms with E-state index in [4.69, 9.17) is 5.11 Å². The first-order valence-corrected chi connectivity index (χ1v) is 5.88. The van der Waals surface area contributed by atoms with E-state index in [-0.39, 0.29) is 19.0 Å². The fourth-order valence-corrected chi connectivity index (χ4v) is 1.54. The first-order valence-electron chi connectivity index (χ1n) is 5.88. The zero-order valence-corrected chi connectivity index (χ0v) is 10.8. The fraction of sp³-hybridized carbons (Fsp3) is 0.636. The van der Waals surface area contributed by atoms with Gasteiger partial charge in [0.25, 0.3) is 0 Å². The van der Waals surface area contributed by atoms with Crippen molar-refractivity contribution in [3.8, 4) is 0 Å². The normalized spacial score (nSPS) is 11.5. The Bertz CT molecular complexity index is 389. The van der Waals surface area contributed by atoms with Gasteiger partial charge in [-0.1, -0.05) is 6.92 Å². The SMILES string of the molecule is CCc1nc(NC)cc(N(CCO)CC(F)(F)F)n1. The minimum Gasteiger partial charge on any atom is -0.395 e. The van der Waals surface area contributed by atoms with Gasteiger partial charge in [0, 0.05) is 26.1 Å². The van der Waals surface area contributed by atoms with Crippen molar-refractivity contribution in [2.75, 3.05) is 37.0 Å². The second-order valence-electron chi connectivity index (χ2n) is 3.89. The molecule has 0 atom stereocenters. The van der Waals surface area contributed by atoms with Crippen molar-refractivity contribution in [3.63, 3.8) is 0 Å². The van der Waals surface area contributed by atoms with Crippen LogP contribution < -0.4 is 10.2 Å². The Kier molecular flexibility index (Phi) is 5.34. The molecule has 0 amide bonds. The molecule has 0 fully saturated rings. The average molecular weight is 278 g/mol. The Morgan fingerprint density at radius 2 is 2.05 bits per heavy atom. The topological polar surface area (TPSA) is 61.3 Å². The lowest BCUT2D eigenvalue weighted by Crippen LogP contribution is -2.37. The highest BCUT2D eigenvalue weighted by Crippen LogP contribution is 2.22. The van der Waals surface area contributed by atoms with Gasteiger partial charge in [-0.25, -0.2) is 9.97 Å². The van der Waals surface area contributed by atoms with Crippen LogP contribution in [0.15, 0.2) is 6.07 Å². The maximum atomic E-state index is 12.5. The number of aliphatic hydroxyl groups is 1. The standard InChI is InChI=1S/C11H17F3N4O/c1-3-8-16-9(15-2)6-10(17-8)18(4-5-19)7-11(12,13)14/h6,19H,3-5,7H2,1-2H3,(H,15,16,17). The van der Waals surface area contributed by atoms with Crippen LogP contribution in [0.25, 0.3) is 0 Å². The zero-order chi connectivity index (χ0) is 14.5. The summed E-state index contributed by atoms with van der Waals surface area (Å²) in [5, 5.41) is 11.7. The Morgan fingerprint density at radius 1 is 1.37 bits per heavy atom. The van der Waals surface area contributed by atoms with Crippen LogP contribution in [-0.2, 0) is 6.42 Å². The highest BCUT2D eigenvalue weighted by molar-refractivity contribution is 5.49. The van der Waals surface area contributed by atoms with Gasteiger partial charge in [-0.05, 0) is 0 Å². The number of hydrogen-bond acceptors (Lipinski definition) is 5. The molecule has 0 unspecified atom stereocenters. The molecule has 0 radical (unpaired) electrons. The van der Waals surface area contributed by atoms with Crippen LogP contribution in [0.5, 0.6) is 0 Å². The van der Waals surface area contributed by atoms with Crippen molar-refractivity contribution in [1.82, 2.24) is 9.97 Å². The summed E-state index contributed by atoms with van der Waals surface area (Å²) in [6.45, 7) is 0.148. The number of aromatic nitrogens is 2. The number of nitrogens with zero attached hydrogens (tertiary/aromatic N) is 3. The molecule has 0 aliphatic heterocycles. The summed E-state index contributed by atoms with van der Waals surface area (Å²) < 4.78 is 37.5. The Labute approximate surface area is 109 Å². The predicted octanol–water partition coefficient (Wildman–Crippen LogP) is 1.44. The Morgan fingerprint density at radius 3 is 2.53 bits per heavy atom. The highest BCUT2D eigenvalue weighted by atomic mass is 19.4. The zero-order valence-electron chi connectivity index (χ0n) is 10.8. The summed E-state index contributed by atoms with van der Waals surface area (Å²) in [6.07, 6.45) is -3.84. The van der Waals surface area contributed by atoms with Gasteiger partial charge < -0.3 is 15.3 Å². The summed E-state index contributed by atoms with van der Waals surface area (Å²) in [4.78, 5) is 9.17. The van der Waals surface area contributed by atoms with E-state index in [9.17, 15) is 13.2 Å². The average Bonchev–Trinajstić information content (AvgIpc) is 2.36. The van der Waals surface area contributed by atoms with Crippen molar-refractivity contribution in [1.29, 1.82) is 0 Å². The van der Waals surface area contributed by atoms with Crippen LogP contribution in [-0.4, -0.2) is 48.0 Å². The summed E-state index contributed by atoms with van der Waals surface area (Å²) in [5.74, 6) is 1.06. The molecule has 0 aromatic carbocycles. The molecular formula is C11H17F3N4O. The largest absolute Gasteiger partial charge is 0.405 e. The number of anilines is 2. The molecule has 1 heterocycles. The molecule has 5 nitrogen and oxygen atoms in total.